The average molecular weight is 267 g/mol. The Kier molecular flexibility index (Phi) is 3.62. The van der Waals surface area contributed by atoms with Crippen molar-refractivity contribution in [3.8, 4) is 17.7 Å². The van der Waals surface area contributed by atoms with Gasteiger partial charge in [0.25, 0.3) is 0 Å². The molecule has 0 unspecified atom stereocenters. The molecule has 0 aliphatic heterocycles. The average Bonchev–Trinajstić information content (AvgIpc) is 2.40. The van der Waals surface area contributed by atoms with Crippen LogP contribution in [0.3, 0.4) is 0 Å². The van der Waals surface area contributed by atoms with Crippen LogP contribution in [0.2, 0.25) is 0 Å². The van der Waals surface area contributed by atoms with Crippen LogP contribution >= 0.6 is 0 Å². The van der Waals surface area contributed by atoms with Crippen molar-refractivity contribution in [3.63, 3.8) is 0 Å². The van der Waals surface area contributed by atoms with Gasteiger partial charge in [0.2, 0.25) is 5.88 Å². The Morgan fingerprint density at radius 3 is 2.30 bits per heavy atom. The fourth-order valence-corrected chi connectivity index (χ4v) is 1.74. The molecule has 0 saturated carbocycles. The van der Waals surface area contributed by atoms with Crippen LogP contribution in [0.5, 0.6) is 11.6 Å². The van der Waals surface area contributed by atoms with Crippen LogP contribution in [-0.2, 0) is 5.41 Å². The first-order chi connectivity index (χ1) is 9.40. The maximum Gasteiger partial charge on any atom is 0.220 e. The maximum atomic E-state index is 8.89. The quantitative estimate of drug-likeness (QED) is 0.901. The molecule has 0 fully saturated rings. The van der Waals surface area contributed by atoms with Crippen molar-refractivity contribution in [2.24, 2.45) is 0 Å². The molecule has 0 amide bonds. The number of anilines is 1. The Labute approximate surface area is 118 Å². The van der Waals surface area contributed by atoms with E-state index in [0.29, 0.717) is 17.3 Å². The van der Waals surface area contributed by atoms with E-state index in [2.05, 4.69) is 25.8 Å². The molecule has 0 aliphatic rings. The Morgan fingerprint density at radius 1 is 1.10 bits per heavy atom. The molecular formula is C16H17N3O. The fourth-order valence-electron chi connectivity index (χ4n) is 1.74. The molecule has 4 heteroatoms. The number of aromatic nitrogens is 1. The Morgan fingerprint density at radius 2 is 1.75 bits per heavy atom. The van der Waals surface area contributed by atoms with Crippen LogP contribution in [0.25, 0.3) is 0 Å². The molecule has 2 aromatic rings. The van der Waals surface area contributed by atoms with Crippen LogP contribution in [0, 0.1) is 11.3 Å². The van der Waals surface area contributed by atoms with E-state index in [1.807, 2.05) is 30.3 Å². The Balaban J connectivity index is 2.21. The smallest absolute Gasteiger partial charge is 0.220 e. The van der Waals surface area contributed by atoms with Crippen LogP contribution in [0.15, 0.2) is 36.4 Å². The van der Waals surface area contributed by atoms with Crippen molar-refractivity contribution in [2.45, 2.75) is 26.2 Å². The monoisotopic (exact) mass is 267 g/mol. The second-order valence-electron chi connectivity index (χ2n) is 5.58. The van der Waals surface area contributed by atoms with Gasteiger partial charge in [-0.05, 0) is 29.2 Å². The number of nitrogens with zero attached hydrogens (tertiary/aromatic N) is 2. The van der Waals surface area contributed by atoms with Gasteiger partial charge in [-0.3, -0.25) is 0 Å². The summed E-state index contributed by atoms with van der Waals surface area (Å²) in [6, 6.07) is 13.0. The predicted molar refractivity (Wildman–Crippen MR) is 78.6 cm³/mol. The lowest BCUT2D eigenvalue weighted by Crippen LogP contribution is -2.10. The third-order valence-electron chi connectivity index (χ3n) is 2.95. The van der Waals surface area contributed by atoms with Gasteiger partial charge in [-0.2, -0.15) is 5.26 Å². The highest BCUT2D eigenvalue weighted by Crippen LogP contribution is 2.26. The SMILES string of the molecule is CC(C)(C)c1ccc(Oc2ccc(N)c(C#N)n2)cc1. The van der Waals surface area contributed by atoms with Gasteiger partial charge in [0, 0.05) is 6.07 Å². The molecule has 0 saturated heterocycles. The van der Waals surface area contributed by atoms with E-state index in [4.69, 9.17) is 15.7 Å². The van der Waals surface area contributed by atoms with E-state index in [0.717, 1.165) is 0 Å². The van der Waals surface area contributed by atoms with Gasteiger partial charge >= 0.3 is 0 Å². The highest BCUT2D eigenvalue weighted by molar-refractivity contribution is 5.51. The molecule has 0 spiro atoms. The standard InChI is InChI=1S/C16H17N3O/c1-16(2,3)11-4-6-12(7-5-11)20-15-9-8-13(18)14(10-17)19-15/h4-9H,18H2,1-3H3. The Hall–Kier alpha value is -2.54. The van der Waals surface area contributed by atoms with Crippen LogP contribution in [-0.4, -0.2) is 4.98 Å². The van der Waals surface area contributed by atoms with E-state index in [1.54, 1.807) is 12.1 Å². The van der Waals surface area contributed by atoms with Gasteiger partial charge in [0.1, 0.15) is 11.8 Å². The number of benzene rings is 1. The van der Waals surface area contributed by atoms with Crippen molar-refractivity contribution < 1.29 is 4.74 Å². The van der Waals surface area contributed by atoms with Gasteiger partial charge in [-0.25, -0.2) is 4.98 Å². The summed E-state index contributed by atoms with van der Waals surface area (Å²) in [4.78, 5) is 4.05. The molecule has 0 aliphatic carbocycles. The summed E-state index contributed by atoms with van der Waals surface area (Å²) in [5.41, 5.74) is 7.48. The van der Waals surface area contributed by atoms with Crippen LogP contribution in [0.1, 0.15) is 32.0 Å². The number of hydrogen-bond donors (Lipinski definition) is 1. The molecule has 102 valence electrons. The summed E-state index contributed by atoms with van der Waals surface area (Å²) in [6.07, 6.45) is 0. The number of nitrogens with two attached hydrogens (primary N) is 1. The largest absolute Gasteiger partial charge is 0.439 e. The first kappa shape index (κ1) is 13.9. The fraction of sp³-hybridized carbons (Fsp3) is 0.250. The molecule has 0 radical (unpaired) electrons. The van der Waals surface area contributed by atoms with Crippen molar-refractivity contribution >= 4 is 5.69 Å². The zero-order chi connectivity index (χ0) is 14.8. The second-order valence-corrected chi connectivity index (χ2v) is 5.58. The lowest BCUT2D eigenvalue weighted by atomic mass is 9.87. The highest BCUT2D eigenvalue weighted by Gasteiger charge is 2.13. The molecule has 0 bridgehead atoms. The zero-order valence-electron chi connectivity index (χ0n) is 11.8. The van der Waals surface area contributed by atoms with Crippen molar-refractivity contribution in [1.82, 2.24) is 4.98 Å². The van der Waals surface area contributed by atoms with Crippen molar-refractivity contribution in [2.75, 3.05) is 5.73 Å². The van der Waals surface area contributed by atoms with Crippen LogP contribution in [0.4, 0.5) is 5.69 Å². The van der Waals surface area contributed by atoms with Crippen molar-refractivity contribution in [1.29, 1.82) is 5.26 Å². The van der Waals surface area contributed by atoms with Crippen molar-refractivity contribution in [3.05, 3.63) is 47.7 Å². The van der Waals surface area contributed by atoms with Gasteiger partial charge < -0.3 is 10.5 Å². The summed E-state index contributed by atoms with van der Waals surface area (Å²) in [5.74, 6) is 1.04. The molecule has 1 aromatic heterocycles. The first-order valence-corrected chi connectivity index (χ1v) is 6.35. The molecule has 1 heterocycles. The van der Waals surface area contributed by atoms with E-state index in [-0.39, 0.29) is 11.1 Å². The van der Waals surface area contributed by atoms with E-state index < -0.39 is 0 Å². The zero-order valence-corrected chi connectivity index (χ0v) is 11.8. The van der Waals surface area contributed by atoms with E-state index in [1.165, 1.54) is 5.56 Å². The molecule has 20 heavy (non-hydrogen) atoms. The molecular weight excluding hydrogens is 250 g/mol. The summed E-state index contributed by atoms with van der Waals surface area (Å²) in [5, 5.41) is 8.89. The minimum Gasteiger partial charge on any atom is -0.439 e. The number of nitrogen functional groups attached to an aromatic ring is 1. The molecule has 0 atom stereocenters. The topological polar surface area (TPSA) is 71.9 Å². The Bertz CT molecular complexity index is 649. The maximum absolute atomic E-state index is 8.89. The summed E-state index contributed by atoms with van der Waals surface area (Å²) in [6.45, 7) is 6.47. The molecule has 4 nitrogen and oxygen atoms in total. The summed E-state index contributed by atoms with van der Waals surface area (Å²) < 4.78 is 5.63. The molecule has 1 aromatic carbocycles. The van der Waals surface area contributed by atoms with Crippen LogP contribution < -0.4 is 10.5 Å². The first-order valence-electron chi connectivity index (χ1n) is 6.35. The molecule has 2 N–H and O–H groups in total. The molecule has 2 rings (SSSR count). The second kappa shape index (κ2) is 5.22. The third kappa shape index (κ3) is 3.07. The number of hydrogen-bond acceptors (Lipinski definition) is 4. The number of rotatable bonds is 2. The third-order valence-corrected chi connectivity index (χ3v) is 2.95. The van der Waals surface area contributed by atoms with Gasteiger partial charge in [0.15, 0.2) is 5.69 Å². The number of pyridine rings is 1. The van der Waals surface area contributed by atoms with Gasteiger partial charge in [0.05, 0.1) is 5.69 Å². The van der Waals surface area contributed by atoms with Gasteiger partial charge in [-0.1, -0.05) is 32.9 Å². The normalized spacial score (nSPS) is 10.9. The summed E-state index contributed by atoms with van der Waals surface area (Å²) >= 11 is 0. The number of nitriles is 1. The van der Waals surface area contributed by atoms with E-state index >= 15 is 0 Å². The van der Waals surface area contributed by atoms with Gasteiger partial charge in [-0.15, -0.1) is 0 Å². The number of ether oxygens (including phenoxy) is 1. The predicted octanol–water partition coefficient (Wildman–Crippen LogP) is 3.63. The minimum atomic E-state index is 0.103. The minimum absolute atomic E-state index is 0.103. The lowest BCUT2D eigenvalue weighted by molar-refractivity contribution is 0.461. The summed E-state index contributed by atoms with van der Waals surface area (Å²) in [7, 11) is 0. The highest BCUT2D eigenvalue weighted by atomic mass is 16.5. The lowest BCUT2D eigenvalue weighted by Gasteiger charge is -2.19. The van der Waals surface area contributed by atoms with E-state index in [9.17, 15) is 0 Å².